The van der Waals surface area contributed by atoms with E-state index in [4.69, 9.17) is 4.74 Å². The van der Waals surface area contributed by atoms with Gasteiger partial charge in [0.25, 0.3) is 0 Å². The Labute approximate surface area is 121 Å². The van der Waals surface area contributed by atoms with Crippen molar-refractivity contribution in [1.82, 2.24) is 14.8 Å². The fourth-order valence-corrected chi connectivity index (χ4v) is 1.00. The number of rotatable bonds is 3. The summed E-state index contributed by atoms with van der Waals surface area (Å²) in [5.41, 5.74) is 1.21. The van der Waals surface area contributed by atoms with Gasteiger partial charge in [0, 0.05) is 39.4 Å². The molecule has 2 rings (SSSR count). The maximum Gasteiger partial charge on any atom is 0.115 e. The van der Waals surface area contributed by atoms with E-state index in [2.05, 4.69) is 10.1 Å². The first-order chi connectivity index (χ1) is 6.84. The largest absolute Gasteiger partial charge is 0.534 e. The van der Waals surface area contributed by atoms with Crippen molar-refractivity contribution in [3.05, 3.63) is 56.6 Å². The molecule has 5 heteroatoms. The van der Waals surface area contributed by atoms with Crippen molar-refractivity contribution in [3.8, 4) is 5.75 Å². The molecule has 0 bridgehead atoms. The number of aromatic nitrogens is 3. The van der Waals surface area contributed by atoms with Crippen LogP contribution in [0.1, 0.15) is 5.56 Å². The Balaban J connectivity index is 0.00000112. The number of nitrogens with zero attached hydrogens (tertiary/aromatic N) is 3. The second-order valence-electron chi connectivity index (χ2n) is 2.91. The van der Waals surface area contributed by atoms with Gasteiger partial charge in [0.15, 0.2) is 0 Å². The molecule has 0 N–H and O–H groups in total. The first kappa shape index (κ1) is 15.1. The van der Waals surface area contributed by atoms with E-state index in [1.165, 1.54) is 23.3 Å². The Morgan fingerprint density at radius 2 is 1.94 bits per heavy atom. The summed E-state index contributed by atoms with van der Waals surface area (Å²) < 4.78 is 6.84. The molecule has 0 spiro atoms. The molecule has 1 radical (unpaired) electrons. The average molecular weight is 292 g/mol. The third-order valence-corrected chi connectivity index (χ3v) is 1.75. The van der Waals surface area contributed by atoms with Crippen LogP contribution in [0.5, 0.6) is 5.75 Å². The summed E-state index contributed by atoms with van der Waals surface area (Å²) in [5.74, 6) is 0.783. The first-order valence-electron chi connectivity index (χ1n) is 4.25. The van der Waals surface area contributed by atoms with E-state index in [0.717, 1.165) is 5.75 Å². The minimum atomic E-state index is 0. The molecule has 4 nitrogen and oxygen atoms in total. The van der Waals surface area contributed by atoms with Crippen LogP contribution in [0.3, 0.4) is 0 Å². The van der Waals surface area contributed by atoms with E-state index in [1.807, 2.05) is 31.2 Å². The molecule has 0 atom stereocenters. The quantitative estimate of drug-likeness (QED) is 0.813. The molecule has 2 aromatic rings. The maximum absolute atomic E-state index is 5.34. The molecule has 1 aromatic carbocycles. The number of hydrogen-bond donors (Lipinski definition) is 0. The third-order valence-electron chi connectivity index (χ3n) is 1.75. The standard InChI is InChI=1S/C10H10N3O.CH3.Y/c1-9-2-4-10(5-3-9)14-8-13-7-11-6-12-13;;/h2-8H,1H3;1H3;/q2*-1;. The Morgan fingerprint density at radius 3 is 2.50 bits per heavy atom. The summed E-state index contributed by atoms with van der Waals surface area (Å²) >= 11 is 0. The normalized spacial score (nSPS) is 8.56. The summed E-state index contributed by atoms with van der Waals surface area (Å²) in [7, 11) is 0. The second kappa shape index (κ2) is 7.41. The van der Waals surface area contributed by atoms with Crippen LogP contribution in [0.2, 0.25) is 0 Å². The smallest absolute Gasteiger partial charge is 0.115 e. The zero-order chi connectivity index (χ0) is 9.80. The van der Waals surface area contributed by atoms with Gasteiger partial charge in [0.1, 0.15) is 12.1 Å². The van der Waals surface area contributed by atoms with E-state index < -0.39 is 0 Å². The minimum Gasteiger partial charge on any atom is -0.534 e. The fraction of sp³-hybridized carbons (Fsp3) is 0.0909. The Bertz CT molecular complexity index is 386. The molecule has 0 aliphatic rings. The van der Waals surface area contributed by atoms with Crippen LogP contribution < -0.4 is 4.74 Å². The molecule has 0 saturated heterocycles. The molecule has 0 aliphatic carbocycles. The summed E-state index contributed by atoms with van der Waals surface area (Å²) in [4.78, 5) is 3.79. The average Bonchev–Trinajstić information content (AvgIpc) is 2.70. The third kappa shape index (κ3) is 4.33. The van der Waals surface area contributed by atoms with Crippen LogP contribution in [-0.4, -0.2) is 14.8 Å². The number of benzene rings is 1. The van der Waals surface area contributed by atoms with E-state index in [9.17, 15) is 0 Å². The van der Waals surface area contributed by atoms with Gasteiger partial charge < -0.3 is 21.8 Å². The maximum atomic E-state index is 5.34. The first-order valence-corrected chi connectivity index (χ1v) is 4.25. The number of hydrogen-bond acceptors (Lipinski definition) is 3. The van der Waals surface area contributed by atoms with Crippen LogP contribution in [0.25, 0.3) is 0 Å². The molecule has 0 unspecified atom stereocenters. The van der Waals surface area contributed by atoms with Crippen LogP contribution in [0, 0.1) is 21.1 Å². The number of aryl methyl sites for hydroxylation is 1. The van der Waals surface area contributed by atoms with Gasteiger partial charge in [-0.1, -0.05) is 17.7 Å². The van der Waals surface area contributed by atoms with Gasteiger partial charge in [-0.05, 0) is 25.4 Å². The molecule has 0 fully saturated rings. The molecule has 0 amide bonds. The second-order valence-corrected chi connectivity index (χ2v) is 2.91. The van der Waals surface area contributed by atoms with Crippen LogP contribution in [0.15, 0.2) is 36.9 Å². The summed E-state index contributed by atoms with van der Waals surface area (Å²) in [5, 5.41) is 3.87. The zero-order valence-electron chi connectivity index (χ0n) is 9.37. The molecule has 1 aromatic heterocycles. The molecule has 16 heavy (non-hydrogen) atoms. The molecule has 0 aliphatic heterocycles. The van der Waals surface area contributed by atoms with Gasteiger partial charge >= 0.3 is 0 Å². The van der Waals surface area contributed by atoms with Gasteiger partial charge in [-0.2, -0.15) is 5.10 Å². The van der Waals surface area contributed by atoms with Gasteiger partial charge in [-0.3, -0.25) is 0 Å². The Hall–Kier alpha value is -0.866. The van der Waals surface area contributed by atoms with Gasteiger partial charge in [-0.15, -0.1) is 0 Å². The van der Waals surface area contributed by atoms with E-state index in [1.54, 1.807) is 6.33 Å². The predicted molar refractivity (Wildman–Crippen MR) is 57.9 cm³/mol. The molecule has 1 heterocycles. The van der Waals surface area contributed by atoms with Crippen molar-refractivity contribution in [2.24, 2.45) is 0 Å². The zero-order valence-corrected chi connectivity index (χ0v) is 12.2. The van der Waals surface area contributed by atoms with Gasteiger partial charge in [-0.25, -0.2) is 0 Å². The molecular formula is C11H13N3OY-2. The summed E-state index contributed by atoms with van der Waals surface area (Å²) in [6.07, 6.45) is 3.02. The van der Waals surface area contributed by atoms with E-state index in [-0.39, 0.29) is 40.1 Å². The van der Waals surface area contributed by atoms with Crippen molar-refractivity contribution in [1.29, 1.82) is 0 Å². The van der Waals surface area contributed by atoms with Gasteiger partial charge in [0.05, 0.1) is 0 Å². The summed E-state index contributed by atoms with van der Waals surface area (Å²) in [6.45, 7) is 3.53. The minimum absolute atomic E-state index is 0. The van der Waals surface area contributed by atoms with Crippen molar-refractivity contribution in [2.45, 2.75) is 6.92 Å². The van der Waals surface area contributed by atoms with Crippen LogP contribution in [-0.2, 0) is 32.7 Å². The monoisotopic (exact) mass is 292 g/mol. The van der Waals surface area contributed by atoms with Crippen LogP contribution >= 0.6 is 0 Å². The predicted octanol–water partition coefficient (Wildman–Crippen LogP) is 2.08. The van der Waals surface area contributed by atoms with Crippen molar-refractivity contribution >= 4 is 0 Å². The Morgan fingerprint density at radius 1 is 1.25 bits per heavy atom. The van der Waals surface area contributed by atoms with Crippen molar-refractivity contribution in [3.63, 3.8) is 0 Å². The van der Waals surface area contributed by atoms with Crippen molar-refractivity contribution in [2.75, 3.05) is 0 Å². The fourth-order valence-electron chi connectivity index (χ4n) is 1.00. The topological polar surface area (TPSA) is 39.9 Å². The van der Waals surface area contributed by atoms with E-state index >= 15 is 0 Å². The van der Waals surface area contributed by atoms with E-state index in [0.29, 0.717) is 0 Å². The van der Waals surface area contributed by atoms with Gasteiger partial charge in [0.2, 0.25) is 0 Å². The summed E-state index contributed by atoms with van der Waals surface area (Å²) in [6, 6.07) is 7.79. The molecular weight excluding hydrogens is 279 g/mol. The molecule has 0 saturated carbocycles. The SMILES string of the molecule is Cc1ccc(O[CH-]n2cncn2)cc1.[CH3-].[Y]. The molecule has 83 valence electrons. The number of ether oxygens (including phenoxy) is 1. The Kier molecular flexibility index (Phi) is 7.01. The van der Waals surface area contributed by atoms with Crippen LogP contribution in [0.4, 0.5) is 0 Å². The van der Waals surface area contributed by atoms with Crippen molar-refractivity contribution < 1.29 is 37.4 Å².